The Kier molecular flexibility index (Phi) is 3.62. The largest absolute Gasteiger partial charge is 0.300 e. The van der Waals surface area contributed by atoms with E-state index in [1.54, 1.807) is 7.05 Å². The molecule has 0 N–H and O–H groups in total. The Morgan fingerprint density at radius 1 is 1.31 bits per heavy atom. The zero-order chi connectivity index (χ0) is 12.6. The molecule has 0 aliphatic carbocycles. The molecule has 0 unspecified atom stereocenters. The van der Waals surface area contributed by atoms with Crippen LogP contribution in [0.25, 0.3) is 0 Å². The van der Waals surface area contributed by atoms with Crippen LogP contribution in [0.15, 0.2) is 15.8 Å². The van der Waals surface area contributed by atoms with E-state index in [9.17, 15) is 0 Å². The van der Waals surface area contributed by atoms with E-state index in [0.29, 0.717) is 0 Å². The molecule has 3 nitrogen and oxygen atoms in total. The minimum Gasteiger partial charge on any atom is -0.300 e. The lowest BCUT2D eigenvalue weighted by Gasteiger charge is -2.20. The van der Waals surface area contributed by atoms with Crippen molar-refractivity contribution in [2.45, 2.75) is 45.6 Å². The van der Waals surface area contributed by atoms with Crippen molar-refractivity contribution < 1.29 is 0 Å². The van der Waals surface area contributed by atoms with Crippen molar-refractivity contribution in [3.8, 4) is 0 Å². The summed E-state index contributed by atoms with van der Waals surface area (Å²) in [6.07, 6.45) is 4.04. The fourth-order valence-electron chi connectivity index (χ4n) is 1.52. The number of rotatable bonds is 2. The van der Waals surface area contributed by atoms with Crippen LogP contribution < -0.4 is 0 Å². The van der Waals surface area contributed by atoms with Crippen LogP contribution in [0.5, 0.6) is 0 Å². The summed E-state index contributed by atoms with van der Waals surface area (Å²) in [5, 5.41) is 4.50. The average molecular weight is 286 g/mol. The number of aromatic nitrogens is 2. The highest BCUT2D eigenvalue weighted by Gasteiger charge is 2.26. The number of hydrogen-bond acceptors (Lipinski definition) is 2. The SMILES string of the molecule is CN=CC(C)(C)c1cn(C(C)(C)C)nc1Br. The first-order chi connectivity index (χ1) is 7.18. The molecule has 4 heteroatoms. The zero-order valence-corrected chi connectivity index (χ0v) is 12.5. The predicted molar refractivity (Wildman–Crippen MR) is 72.4 cm³/mol. The highest BCUT2D eigenvalue weighted by Crippen LogP contribution is 2.29. The van der Waals surface area contributed by atoms with E-state index < -0.39 is 0 Å². The monoisotopic (exact) mass is 285 g/mol. The van der Waals surface area contributed by atoms with Crippen LogP contribution in [-0.4, -0.2) is 23.0 Å². The lowest BCUT2D eigenvalue weighted by atomic mass is 9.88. The van der Waals surface area contributed by atoms with Crippen molar-refractivity contribution >= 4 is 22.1 Å². The Morgan fingerprint density at radius 2 is 1.88 bits per heavy atom. The third-order valence-electron chi connectivity index (χ3n) is 2.50. The number of nitrogens with zero attached hydrogens (tertiary/aromatic N) is 3. The first kappa shape index (κ1) is 13.4. The third-order valence-corrected chi connectivity index (χ3v) is 3.09. The summed E-state index contributed by atoms with van der Waals surface area (Å²) < 4.78 is 2.88. The molecule has 0 fully saturated rings. The molecule has 0 aliphatic rings. The smallest absolute Gasteiger partial charge is 0.132 e. The molecule has 1 heterocycles. The van der Waals surface area contributed by atoms with Gasteiger partial charge in [0.25, 0.3) is 0 Å². The molecule has 0 spiro atoms. The maximum Gasteiger partial charge on any atom is 0.132 e. The molecule has 1 rings (SSSR count). The first-order valence-electron chi connectivity index (χ1n) is 5.38. The molecule has 1 aromatic rings. The highest BCUT2D eigenvalue weighted by molar-refractivity contribution is 9.10. The Bertz CT molecular complexity index is 397. The van der Waals surface area contributed by atoms with Crippen LogP contribution in [-0.2, 0) is 11.0 Å². The van der Waals surface area contributed by atoms with Crippen LogP contribution in [0.3, 0.4) is 0 Å². The lowest BCUT2D eigenvalue weighted by Crippen LogP contribution is -2.23. The second kappa shape index (κ2) is 4.32. The summed E-state index contributed by atoms with van der Waals surface area (Å²) >= 11 is 3.52. The Morgan fingerprint density at radius 3 is 2.25 bits per heavy atom. The lowest BCUT2D eigenvalue weighted by molar-refractivity contribution is 0.354. The summed E-state index contributed by atoms with van der Waals surface area (Å²) in [5.74, 6) is 0. The minimum atomic E-state index is -0.100. The van der Waals surface area contributed by atoms with E-state index in [1.807, 2.05) is 10.9 Å². The molecular weight excluding hydrogens is 266 g/mol. The molecule has 1 aromatic heterocycles. The third kappa shape index (κ3) is 2.73. The minimum absolute atomic E-state index is 0.000206. The van der Waals surface area contributed by atoms with E-state index in [4.69, 9.17) is 0 Å². The maximum atomic E-state index is 4.50. The molecule has 0 bridgehead atoms. The van der Waals surface area contributed by atoms with Gasteiger partial charge >= 0.3 is 0 Å². The average Bonchev–Trinajstić information content (AvgIpc) is 2.46. The van der Waals surface area contributed by atoms with E-state index in [1.165, 1.54) is 0 Å². The Hall–Kier alpha value is -0.640. The molecule has 0 saturated heterocycles. The summed E-state index contributed by atoms with van der Waals surface area (Å²) in [7, 11) is 1.80. The van der Waals surface area contributed by atoms with Gasteiger partial charge in [-0.15, -0.1) is 0 Å². The molecule has 0 saturated carbocycles. The molecule has 0 radical (unpaired) electrons. The second-order valence-corrected chi connectivity index (χ2v) is 6.31. The van der Waals surface area contributed by atoms with Gasteiger partial charge in [0.2, 0.25) is 0 Å². The molecule has 0 amide bonds. The van der Waals surface area contributed by atoms with Gasteiger partial charge in [-0.05, 0) is 36.7 Å². The first-order valence-corrected chi connectivity index (χ1v) is 6.17. The van der Waals surface area contributed by atoms with E-state index >= 15 is 0 Å². The van der Waals surface area contributed by atoms with Crippen molar-refractivity contribution in [2.24, 2.45) is 4.99 Å². The summed E-state index contributed by atoms with van der Waals surface area (Å²) in [6.45, 7) is 10.7. The predicted octanol–water partition coefficient (Wildman–Crippen LogP) is 3.38. The van der Waals surface area contributed by atoms with Gasteiger partial charge in [-0.25, -0.2) is 0 Å². The van der Waals surface area contributed by atoms with Crippen molar-refractivity contribution in [3.05, 3.63) is 16.4 Å². The van der Waals surface area contributed by atoms with Crippen LogP contribution in [0.1, 0.15) is 40.2 Å². The molecule has 90 valence electrons. The number of halogens is 1. The molecule has 0 aromatic carbocycles. The van der Waals surface area contributed by atoms with Crippen LogP contribution >= 0.6 is 15.9 Å². The molecular formula is C12H20BrN3. The molecule has 16 heavy (non-hydrogen) atoms. The van der Waals surface area contributed by atoms with E-state index in [2.05, 4.69) is 66.8 Å². The van der Waals surface area contributed by atoms with Crippen molar-refractivity contribution in [3.63, 3.8) is 0 Å². The number of hydrogen-bond donors (Lipinski definition) is 0. The van der Waals surface area contributed by atoms with Crippen LogP contribution in [0.2, 0.25) is 0 Å². The van der Waals surface area contributed by atoms with Crippen molar-refractivity contribution in [1.82, 2.24) is 9.78 Å². The van der Waals surface area contributed by atoms with E-state index in [0.717, 1.165) is 10.2 Å². The Balaban J connectivity index is 3.22. The van der Waals surface area contributed by atoms with Gasteiger partial charge in [0.05, 0.1) is 5.54 Å². The van der Waals surface area contributed by atoms with Crippen molar-refractivity contribution in [2.75, 3.05) is 7.05 Å². The topological polar surface area (TPSA) is 30.2 Å². The van der Waals surface area contributed by atoms with Gasteiger partial charge in [0, 0.05) is 30.4 Å². The maximum absolute atomic E-state index is 4.50. The molecule has 0 atom stereocenters. The van der Waals surface area contributed by atoms with Gasteiger partial charge in [-0.2, -0.15) is 5.10 Å². The quantitative estimate of drug-likeness (QED) is 0.766. The van der Waals surface area contributed by atoms with Crippen LogP contribution in [0, 0.1) is 0 Å². The summed E-state index contributed by atoms with van der Waals surface area (Å²) in [4.78, 5) is 4.11. The standard InChI is InChI=1S/C12H20BrN3/c1-11(2,3)16-7-9(10(13)15-16)12(4,5)8-14-6/h7-8H,1-6H3. The fraction of sp³-hybridized carbons (Fsp3) is 0.667. The fourth-order valence-corrected chi connectivity index (χ4v) is 2.31. The highest BCUT2D eigenvalue weighted by atomic mass is 79.9. The summed E-state index contributed by atoms with van der Waals surface area (Å²) in [6, 6.07) is 0. The van der Waals surface area contributed by atoms with Gasteiger partial charge < -0.3 is 0 Å². The normalized spacial score (nSPS) is 13.7. The second-order valence-electron chi connectivity index (χ2n) is 5.56. The van der Waals surface area contributed by atoms with Gasteiger partial charge in [-0.1, -0.05) is 13.8 Å². The molecule has 0 aliphatic heterocycles. The van der Waals surface area contributed by atoms with Gasteiger partial charge in [0.15, 0.2) is 0 Å². The van der Waals surface area contributed by atoms with E-state index in [-0.39, 0.29) is 11.0 Å². The van der Waals surface area contributed by atoms with Crippen LogP contribution in [0.4, 0.5) is 0 Å². The van der Waals surface area contributed by atoms with Crippen molar-refractivity contribution in [1.29, 1.82) is 0 Å². The zero-order valence-electron chi connectivity index (χ0n) is 10.9. The Labute approximate surface area is 106 Å². The number of aliphatic imine (C=N–C) groups is 1. The van der Waals surface area contributed by atoms with Gasteiger partial charge in [0.1, 0.15) is 4.60 Å². The summed E-state index contributed by atoms with van der Waals surface area (Å²) in [5.41, 5.74) is 1.06. The van der Waals surface area contributed by atoms with Gasteiger partial charge in [-0.3, -0.25) is 9.67 Å².